The van der Waals surface area contributed by atoms with Crippen LogP contribution < -0.4 is 10.1 Å². The standard InChI is InChI=1S/C18H20N4O3/c1-11-7-5-6-8-15(11)24-10-14-13(3)25-21-17(14)18(23)19-16-9-12(2)20-22(16)4/h5-9H,10H2,1-4H3,(H,19,23). The molecular formula is C18H20N4O3. The number of nitrogens with zero attached hydrogens (tertiary/aromatic N) is 3. The highest BCUT2D eigenvalue weighted by Gasteiger charge is 2.21. The number of aryl methyl sites for hydroxylation is 4. The molecule has 130 valence electrons. The van der Waals surface area contributed by atoms with Crippen LogP contribution in [-0.2, 0) is 13.7 Å². The van der Waals surface area contributed by atoms with Crippen LogP contribution in [0.1, 0.15) is 33.1 Å². The van der Waals surface area contributed by atoms with Gasteiger partial charge in [-0.2, -0.15) is 5.10 Å². The van der Waals surface area contributed by atoms with E-state index in [0.717, 1.165) is 17.0 Å². The summed E-state index contributed by atoms with van der Waals surface area (Å²) in [7, 11) is 1.76. The van der Waals surface area contributed by atoms with Crippen molar-refractivity contribution in [2.24, 2.45) is 7.05 Å². The van der Waals surface area contributed by atoms with Gasteiger partial charge in [-0.1, -0.05) is 23.4 Å². The zero-order chi connectivity index (χ0) is 18.0. The third-order valence-corrected chi connectivity index (χ3v) is 3.91. The second-order valence-electron chi connectivity index (χ2n) is 5.87. The van der Waals surface area contributed by atoms with Crippen molar-refractivity contribution in [2.75, 3.05) is 5.32 Å². The minimum absolute atomic E-state index is 0.202. The van der Waals surface area contributed by atoms with Crippen LogP contribution in [0.25, 0.3) is 0 Å². The molecule has 0 radical (unpaired) electrons. The van der Waals surface area contributed by atoms with Crippen molar-refractivity contribution >= 4 is 11.7 Å². The quantitative estimate of drug-likeness (QED) is 0.771. The van der Waals surface area contributed by atoms with E-state index in [4.69, 9.17) is 9.26 Å². The number of amides is 1. The van der Waals surface area contributed by atoms with Crippen molar-refractivity contribution in [3.8, 4) is 5.75 Å². The van der Waals surface area contributed by atoms with Crippen LogP contribution in [0.3, 0.4) is 0 Å². The predicted octanol–water partition coefficient (Wildman–Crippen LogP) is 3.16. The van der Waals surface area contributed by atoms with Gasteiger partial charge in [0.1, 0.15) is 23.9 Å². The summed E-state index contributed by atoms with van der Waals surface area (Å²) in [6, 6.07) is 9.49. The average molecular weight is 340 g/mol. The summed E-state index contributed by atoms with van der Waals surface area (Å²) in [4.78, 5) is 12.6. The minimum atomic E-state index is -0.358. The molecule has 1 N–H and O–H groups in total. The fourth-order valence-corrected chi connectivity index (χ4v) is 2.51. The third-order valence-electron chi connectivity index (χ3n) is 3.91. The summed E-state index contributed by atoms with van der Waals surface area (Å²) in [6.07, 6.45) is 0. The average Bonchev–Trinajstić information content (AvgIpc) is 3.09. The normalized spacial score (nSPS) is 10.7. The van der Waals surface area contributed by atoms with E-state index >= 15 is 0 Å². The van der Waals surface area contributed by atoms with E-state index in [9.17, 15) is 4.79 Å². The number of rotatable bonds is 5. The molecule has 1 aromatic carbocycles. The number of nitrogens with one attached hydrogen (secondary N) is 1. The van der Waals surface area contributed by atoms with Crippen LogP contribution in [-0.4, -0.2) is 20.8 Å². The van der Waals surface area contributed by atoms with Gasteiger partial charge in [-0.05, 0) is 32.4 Å². The molecule has 0 saturated carbocycles. The lowest BCUT2D eigenvalue weighted by molar-refractivity contribution is 0.101. The highest BCUT2D eigenvalue weighted by molar-refractivity contribution is 6.03. The molecule has 0 fully saturated rings. The number of aromatic nitrogens is 3. The van der Waals surface area contributed by atoms with E-state index in [1.165, 1.54) is 0 Å². The zero-order valence-corrected chi connectivity index (χ0v) is 14.7. The van der Waals surface area contributed by atoms with Crippen molar-refractivity contribution in [1.82, 2.24) is 14.9 Å². The van der Waals surface area contributed by atoms with Crippen molar-refractivity contribution in [2.45, 2.75) is 27.4 Å². The highest BCUT2D eigenvalue weighted by atomic mass is 16.5. The molecule has 0 atom stereocenters. The van der Waals surface area contributed by atoms with E-state index in [0.29, 0.717) is 17.1 Å². The first-order valence-corrected chi connectivity index (χ1v) is 7.91. The Bertz CT molecular complexity index is 911. The molecule has 2 aromatic heterocycles. The van der Waals surface area contributed by atoms with Gasteiger partial charge < -0.3 is 14.6 Å². The summed E-state index contributed by atoms with van der Waals surface area (Å²) in [5.74, 6) is 1.55. The number of carbonyl (C=O) groups excluding carboxylic acids is 1. The monoisotopic (exact) mass is 340 g/mol. The Kier molecular flexibility index (Phi) is 4.56. The van der Waals surface area contributed by atoms with Crippen LogP contribution in [0.2, 0.25) is 0 Å². The van der Waals surface area contributed by atoms with E-state index < -0.39 is 0 Å². The number of anilines is 1. The van der Waals surface area contributed by atoms with Crippen LogP contribution in [0, 0.1) is 20.8 Å². The Morgan fingerprint density at radius 3 is 2.72 bits per heavy atom. The fourth-order valence-electron chi connectivity index (χ4n) is 2.51. The van der Waals surface area contributed by atoms with Gasteiger partial charge in [0.05, 0.1) is 11.3 Å². The van der Waals surface area contributed by atoms with Crippen molar-refractivity contribution in [3.63, 3.8) is 0 Å². The molecule has 0 bridgehead atoms. The number of benzene rings is 1. The maximum Gasteiger partial charge on any atom is 0.279 e. The molecule has 3 rings (SSSR count). The van der Waals surface area contributed by atoms with Gasteiger partial charge in [-0.15, -0.1) is 0 Å². The molecule has 1 amide bonds. The first kappa shape index (κ1) is 16.8. The summed E-state index contributed by atoms with van der Waals surface area (Å²) < 4.78 is 12.6. The maximum atomic E-state index is 12.6. The Hall–Kier alpha value is -3.09. The second-order valence-corrected chi connectivity index (χ2v) is 5.87. The number of hydrogen-bond donors (Lipinski definition) is 1. The first-order chi connectivity index (χ1) is 12.0. The first-order valence-electron chi connectivity index (χ1n) is 7.91. The lowest BCUT2D eigenvalue weighted by Crippen LogP contribution is -2.17. The predicted molar refractivity (Wildman–Crippen MR) is 92.6 cm³/mol. The number of para-hydroxylation sites is 1. The summed E-state index contributed by atoms with van der Waals surface area (Å²) in [5, 5.41) is 10.9. The van der Waals surface area contributed by atoms with Crippen LogP contribution in [0.4, 0.5) is 5.82 Å². The Balaban J connectivity index is 1.78. The lowest BCUT2D eigenvalue weighted by Gasteiger charge is -2.09. The Morgan fingerprint density at radius 1 is 1.28 bits per heavy atom. The van der Waals surface area contributed by atoms with E-state index in [1.54, 1.807) is 24.7 Å². The van der Waals surface area contributed by atoms with Crippen molar-refractivity contribution in [1.29, 1.82) is 0 Å². The van der Waals surface area contributed by atoms with Crippen LogP contribution in [0.15, 0.2) is 34.9 Å². The Morgan fingerprint density at radius 2 is 2.04 bits per heavy atom. The highest BCUT2D eigenvalue weighted by Crippen LogP contribution is 2.21. The van der Waals surface area contributed by atoms with E-state index in [-0.39, 0.29) is 18.2 Å². The maximum absolute atomic E-state index is 12.6. The second kappa shape index (κ2) is 6.80. The lowest BCUT2D eigenvalue weighted by atomic mass is 10.2. The molecule has 7 heteroatoms. The van der Waals surface area contributed by atoms with Crippen molar-refractivity contribution < 1.29 is 14.1 Å². The summed E-state index contributed by atoms with van der Waals surface area (Å²) >= 11 is 0. The number of carbonyl (C=O) groups is 1. The van der Waals surface area contributed by atoms with Gasteiger partial charge in [0.2, 0.25) is 0 Å². The topological polar surface area (TPSA) is 82.2 Å². The molecule has 0 saturated heterocycles. The van der Waals surface area contributed by atoms with E-state index in [1.807, 2.05) is 38.1 Å². The van der Waals surface area contributed by atoms with Gasteiger partial charge in [0.15, 0.2) is 5.69 Å². The third kappa shape index (κ3) is 3.55. The minimum Gasteiger partial charge on any atom is -0.488 e. The van der Waals surface area contributed by atoms with Crippen LogP contribution >= 0.6 is 0 Å². The van der Waals surface area contributed by atoms with Gasteiger partial charge in [-0.3, -0.25) is 9.48 Å². The fraction of sp³-hybridized carbons (Fsp3) is 0.278. The molecular weight excluding hydrogens is 320 g/mol. The van der Waals surface area contributed by atoms with Gasteiger partial charge in [-0.25, -0.2) is 0 Å². The SMILES string of the molecule is Cc1cc(NC(=O)c2noc(C)c2COc2ccccc2C)n(C)n1. The molecule has 7 nitrogen and oxygen atoms in total. The molecule has 3 aromatic rings. The van der Waals surface area contributed by atoms with Gasteiger partial charge in [0, 0.05) is 13.1 Å². The van der Waals surface area contributed by atoms with Crippen molar-refractivity contribution in [3.05, 3.63) is 58.6 Å². The van der Waals surface area contributed by atoms with Gasteiger partial charge in [0.25, 0.3) is 5.91 Å². The molecule has 0 unspecified atom stereocenters. The molecule has 0 aliphatic carbocycles. The largest absolute Gasteiger partial charge is 0.488 e. The zero-order valence-electron chi connectivity index (χ0n) is 14.7. The molecule has 0 aliphatic heterocycles. The summed E-state index contributed by atoms with van der Waals surface area (Å²) in [5.41, 5.74) is 2.68. The molecule has 0 aliphatic rings. The molecule has 0 spiro atoms. The molecule has 2 heterocycles. The number of hydrogen-bond acceptors (Lipinski definition) is 5. The smallest absolute Gasteiger partial charge is 0.279 e. The van der Waals surface area contributed by atoms with Gasteiger partial charge >= 0.3 is 0 Å². The Labute approximate surface area is 145 Å². The van der Waals surface area contributed by atoms with E-state index in [2.05, 4.69) is 15.6 Å². The van der Waals surface area contributed by atoms with Crippen LogP contribution in [0.5, 0.6) is 5.75 Å². The summed E-state index contributed by atoms with van der Waals surface area (Å²) in [6.45, 7) is 5.79. The molecule has 25 heavy (non-hydrogen) atoms. The number of ether oxygens (including phenoxy) is 1.